The van der Waals surface area contributed by atoms with Crippen molar-refractivity contribution >= 4 is 23.0 Å². The van der Waals surface area contributed by atoms with Crippen LogP contribution in [0, 0.1) is 13.8 Å². The molecule has 0 aliphatic rings. The van der Waals surface area contributed by atoms with Gasteiger partial charge in [0, 0.05) is 17.6 Å². The first-order chi connectivity index (χ1) is 13.1. The Morgan fingerprint density at radius 1 is 1.04 bits per heavy atom. The lowest BCUT2D eigenvalue weighted by Crippen LogP contribution is -2.14. The number of aryl methyl sites for hydroxylation is 2. The smallest absolute Gasteiger partial charge is 0.274 e. The van der Waals surface area contributed by atoms with Gasteiger partial charge in [0.15, 0.2) is 0 Å². The van der Waals surface area contributed by atoms with Gasteiger partial charge in [-0.1, -0.05) is 24.3 Å². The number of nitrogens with one attached hydrogen (secondary N) is 2. The van der Waals surface area contributed by atoms with E-state index in [1.807, 2.05) is 69.3 Å². The van der Waals surface area contributed by atoms with Crippen LogP contribution >= 0.6 is 0 Å². The van der Waals surface area contributed by atoms with Crippen LogP contribution in [0.25, 0.3) is 0 Å². The number of hydrogen-bond donors (Lipinski definition) is 2. The summed E-state index contributed by atoms with van der Waals surface area (Å²) in [7, 11) is 0. The molecule has 0 saturated carbocycles. The molecule has 1 aromatic heterocycles. The van der Waals surface area contributed by atoms with Crippen LogP contribution in [0.2, 0.25) is 0 Å². The fourth-order valence-electron chi connectivity index (χ4n) is 2.70. The van der Waals surface area contributed by atoms with Crippen molar-refractivity contribution in [3.8, 4) is 5.75 Å². The summed E-state index contributed by atoms with van der Waals surface area (Å²) in [5, 5.41) is 6.23. The van der Waals surface area contributed by atoms with Crippen molar-refractivity contribution in [2.24, 2.45) is 0 Å². The van der Waals surface area contributed by atoms with Crippen LogP contribution < -0.4 is 15.4 Å². The Bertz CT molecular complexity index is 954. The number of carbonyl (C=O) groups is 1. The minimum Gasteiger partial charge on any atom is -0.492 e. The monoisotopic (exact) mass is 361 g/mol. The summed E-state index contributed by atoms with van der Waals surface area (Å²) >= 11 is 0. The highest BCUT2D eigenvalue weighted by atomic mass is 16.5. The van der Waals surface area contributed by atoms with Crippen LogP contribution in [-0.2, 0) is 0 Å². The van der Waals surface area contributed by atoms with Crippen molar-refractivity contribution in [2.75, 3.05) is 17.2 Å². The molecule has 0 bridgehead atoms. The first kappa shape index (κ1) is 18.5. The molecule has 138 valence electrons. The number of carbonyl (C=O) groups excluding carboxylic acids is 1. The third-order valence-electron chi connectivity index (χ3n) is 4.10. The normalized spacial score (nSPS) is 10.3. The lowest BCUT2D eigenvalue weighted by molar-refractivity contribution is 0.102. The Morgan fingerprint density at radius 3 is 2.67 bits per heavy atom. The maximum atomic E-state index is 12.6. The molecule has 0 spiro atoms. The van der Waals surface area contributed by atoms with Crippen LogP contribution in [-0.4, -0.2) is 17.5 Å². The number of nitrogens with zero attached hydrogens (tertiary/aromatic N) is 1. The van der Waals surface area contributed by atoms with Crippen molar-refractivity contribution in [2.45, 2.75) is 20.8 Å². The molecular weight excluding hydrogens is 338 g/mol. The summed E-state index contributed by atoms with van der Waals surface area (Å²) < 4.78 is 5.63. The van der Waals surface area contributed by atoms with Gasteiger partial charge in [-0.3, -0.25) is 9.78 Å². The number of ether oxygens (including phenoxy) is 1. The Labute approximate surface area is 159 Å². The maximum Gasteiger partial charge on any atom is 0.274 e. The number of aromatic nitrogens is 1. The van der Waals surface area contributed by atoms with Crippen LogP contribution in [0.3, 0.4) is 0 Å². The van der Waals surface area contributed by atoms with Crippen molar-refractivity contribution in [1.82, 2.24) is 4.98 Å². The minimum atomic E-state index is -0.245. The second-order valence-corrected chi connectivity index (χ2v) is 6.26. The number of pyridine rings is 1. The molecule has 2 aromatic carbocycles. The van der Waals surface area contributed by atoms with Crippen LogP contribution in [0.4, 0.5) is 17.1 Å². The molecular formula is C22H23N3O2. The summed E-state index contributed by atoms with van der Waals surface area (Å²) in [6, 6.07) is 17.2. The molecule has 0 saturated heterocycles. The van der Waals surface area contributed by atoms with Crippen molar-refractivity contribution in [3.63, 3.8) is 0 Å². The Morgan fingerprint density at radius 2 is 1.85 bits per heavy atom. The summed E-state index contributed by atoms with van der Waals surface area (Å²) in [6.45, 7) is 6.48. The molecule has 0 radical (unpaired) electrons. The largest absolute Gasteiger partial charge is 0.492 e. The molecule has 0 fully saturated rings. The second-order valence-electron chi connectivity index (χ2n) is 6.26. The maximum absolute atomic E-state index is 12.6. The van der Waals surface area contributed by atoms with E-state index in [-0.39, 0.29) is 5.91 Å². The van der Waals surface area contributed by atoms with Gasteiger partial charge in [0.2, 0.25) is 0 Å². The predicted octanol–water partition coefficient (Wildman–Crippen LogP) is 5.09. The van der Waals surface area contributed by atoms with Gasteiger partial charge >= 0.3 is 0 Å². The number of rotatable bonds is 6. The van der Waals surface area contributed by atoms with E-state index in [0.29, 0.717) is 12.3 Å². The average molecular weight is 361 g/mol. The highest BCUT2D eigenvalue weighted by Gasteiger charge is 2.11. The quantitative estimate of drug-likeness (QED) is 0.642. The van der Waals surface area contributed by atoms with Gasteiger partial charge < -0.3 is 15.4 Å². The van der Waals surface area contributed by atoms with E-state index in [4.69, 9.17) is 4.74 Å². The van der Waals surface area contributed by atoms with E-state index in [1.165, 1.54) is 0 Å². The van der Waals surface area contributed by atoms with E-state index in [1.54, 1.807) is 12.3 Å². The average Bonchev–Trinajstić information content (AvgIpc) is 2.67. The lowest BCUT2D eigenvalue weighted by atomic mass is 10.1. The zero-order valence-corrected chi connectivity index (χ0v) is 15.7. The summed E-state index contributed by atoms with van der Waals surface area (Å²) in [5.74, 6) is 0.517. The second kappa shape index (κ2) is 8.36. The van der Waals surface area contributed by atoms with Crippen molar-refractivity contribution in [1.29, 1.82) is 0 Å². The van der Waals surface area contributed by atoms with E-state index in [2.05, 4.69) is 15.6 Å². The molecule has 0 aliphatic carbocycles. The van der Waals surface area contributed by atoms with Gasteiger partial charge in [-0.05, 0) is 62.2 Å². The topological polar surface area (TPSA) is 63.2 Å². The van der Waals surface area contributed by atoms with E-state index in [9.17, 15) is 4.79 Å². The van der Waals surface area contributed by atoms with Gasteiger partial charge in [-0.2, -0.15) is 0 Å². The Balaban J connectivity index is 1.79. The Hall–Kier alpha value is -3.34. The zero-order chi connectivity index (χ0) is 19.2. The highest BCUT2D eigenvalue weighted by molar-refractivity contribution is 6.03. The van der Waals surface area contributed by atoms with Gasteiger partial charge in [-0.15, -0.1) is 0 Å². The summed E-state index contributed by atoms with van der Waals surface area (Å²) in [5.41, 5.74) is 4.84. The molecule has 0 atom stereocenters. The SMILES string of the molecule is CCOc1ccccc1Nc1ccnc(C(=O)Nc2cc(C)ccc2C)c1. The van der Waals surface area contributed by atoms with Gasteiger partial charge in [-0.25, -0.2) is 0 Å². The number of anilines is 3. The fourth-order valence-corrected chi connectivity index (χ4v) is 2.70. The van der Waals surface area contributed by atoms with E-state index in [0.717, 1.165) is 33.9 Å². The predicted molar refractivity (Wildman–Crippen MR) is 109 cm³/mol. The van der Waals surface area contributed by atoms with Gasteiger partial charge in [0.1, 0.15) is 11.4 Å². The fraction of sp³-hybridized carbons (Fsp3) is 0.182. The molecule has 5 nitrogen and oxygen atoms in total. The molecule has 1 heterocycles. The van der Waals surface area contributed by atoms with Crippen LogP contribution in [0.1, 0.15) is 28.5 Å². The van der Waals surface area contributed by atoms with Gasteiger partial charge in [0.25, 0.3) is 5.91 Å². The first-order valence-corrected chi connectivity index (χ1v) is 8.90. The number of hydrogen-bond acceptors (Lipinski definition) is 4. The third-order valence-corrected chi connectivity index (χ3v) is 4.10. The molecule has 3 rings (SSSR count). The molecule has 0 aliphatic heterocycles. The van der Waals surface area contributed by atoms with Gasteiger partial charge in [0.05, 0.1) is 12.3 Å². The molecule has 5 heteroatoms. The minimum absolute atomic E-state index is 0.245. The highest BCUT2D eigenvalue weighted by Crippen LogP contribution is 2.27. The van der Waals surface area contributed by atoms with E-state index >= 15 is 0 Å². The molecule has 27 heavy (non-hydrogen) atoms. The van der Waals surface area contributed by atoms with Crippen molar-refractivity contribution < 1.29 is 9.53 Å². The van der Waals surface area contributed by atoms with Crippen molar-refractivity contribution in [3.05, 3.63) is 77.6 Å². The lowest BCUT2D eigenvalue weighted by Gasteiger charge is -2.13. The molecule has 0 unspecified atom stereocenters. The summed E-state index contributed by atoms with van der Waals surface area (Å²) in [4.78, 5) is 16.8. The first-order valence-electron chi connectivity index (χ1n) is 8.90. The Kier molecular flexibility index (Phi) is 5.71. The number of para-hydroxylation sites is 2. The van der Waals surface area contributed by atoms with Crippen LogP contribution in [0.15, 0.2) is 60.8 Å². The number of amides is 1. The third kappa shape index (κ3) is 4.64. The zero-order valence-electron chi connectivity index (χ0n) is 15.7. The molecule has 2 N–H and O–H groups in total. The molecule has 1 amide bonds. The standard InChI is InChI=1S/C22H23N3O2/c1-4-27-21-8-6-5-7-18(21)24-17-11-12-23-20(14-17)22(26)25-19-13-15(2)9-10-16(19)3/h5-14H,4H2,1-3H3,(H,23,24)(H,25,26). The number of benzene rings is 2. The van der Waals surface area contributed by atoms with E-state index < -0.39 is 0 Å². The summed E-state index contributed by atoms with van der Waals surface area (Å²) in [6.07, 6.45) is 1.61. The van der Waals surface area contributed by atoms with Crippen LogP contribution in [0.5, 0.6) is 5.75 Å². The molecule has 3 aromatic rings.